The quantitative estimate of drug-likeness (QED) is 0.908. The van der Waals surface area contributed by atoms with Crippen LogP contribution < -0.4 is 15.2 Å². The molecule has 0 bridgehead atoms. The number of nitrogens with two attached hydrogens (primary N) is 1. The summed E-state index contributed by atoms with van der Waals surface area (Å²) in [4.78, 5) is 13.1. The van der Waals surface area contributed by atoms with Gasteiger partial charge in [-0.15, -0.1) is 0 Å². The number of rotatable bonds is 4. The third-order valence-electron chi connectivity index (χ3n) is 6.98. The molecule has 0 spiro atoms. The molecule has 1 aliphatic heterocycles. The highest BCUT2D eigenvalue weighted by atomic mass is 16.5. The zero-order valence-corrected chi connectivity index (χ0v) is 15.5. The van der Waals surface area contributed by atoms with Gasteiger partial charge in [0.15, 0.2) is 22.9 Å². The molecular formula is C20H27NO4. The molecule has 2 aliphatic carbocycles. The molecule has 0 aromatic heterocycles. The molecule has 1 aromatic carbocycles. The standard InChI is InChI=1S/C20H27NO4/c1-5-9-19-16-12-6-7-13(23-3)17(16)25-18(19,2)15(22)8-10-20(19,24-4)14(21)11-12/h6-7,14H,5,8-11,21H2,1-4H3/t14?,18-,19-,20?/m0/s1. The second-order valence-electron chi connectivity index (χ2n) is 7.75. The van der Waals surface area contributed by atoms with E-state index in [0.29, 0.717) is 24.3 Å². The Hall–Kier alpha value is -1.59. The van der Waals surface area contributed by atoms with E-state index < -0.39 is 16.6 Å². The van der Waals surface area contributed by atoms with Crippen LogP contribution in [0.1, 0.15) is 50.7 Å². The summed E-state index contributed by atoms with van der Waals surface area (Å²) in [5, 5.41) is 0. The summed E-state index contributed by atoms with van der Waals surface area (Å²) in [7, 11) is 3.37. The van der Waals surface area contributed by atoms with Gasteiger partial charge < -0.3 is 19.9 Å². The highest BCUT2D eigenvalue weighted by Crippen LogP contribution is 2.67. The number of carbonyl (C=O) groups excluding carboxylic acids is 1. The summed E-state index contributed by atoms with van der Waals surface area (Å²) < 4.78 is 18.2. The van der Waals surface area contributed by atoms with Crippen molar-refractivity contribution < 1.29 is 19.0 Å². The van der Waals surface area contributed by atoms with Crippen molar-refractivity contribution in [1.29, 1.82) is 0 Å². The molecule has 5 nitrogen and oxygen atoms in total. The molecule has 0 amide bonds. The van der Waals surface area contributed by atoms with Gasteiger partial charge in [-0.05, 0) is 37.8 Å². The number of hydrogen-bond acceptors (Lipinski definition) is 5. The first kappa shape index (κ1) is 16.9. The fourth-order valence-electron chi connectivity index (χ4n) is 5.98. The van der Waals surface area contributed by atoms with E-state index in [1.807, 2.05) is 13.0 Å². The SMILES string of the molecule is CCC[C@]12c3c4ccc(OC)c3O[C@@]1(C)C(=O)CCC2(OC)C(N)C4. The molecule has 1 fully saturated rings. The summed E-state index contributed by atoms with van der Waals surface area (Å²) in [5.41, 5.74) is 6.80. The third-order valence-corrected chi connectivity index (χ3v) is 6.98. The predicted molar refractivity (Wildman–Crippen MR) is 94.3 cm³/mol. The molecular weight excluding hydrogens is 318 g/mol. The zero-order chi connectivity index (χ0) is 18.0. The van der Waals surface area contributed by atoms with E-state index in [4.69, 9.17) is 19.9 Å². The number of carbonyl (C=O) groups is 1. The van der Waals surface area contributed by atoms with Crippen LogP contribution in [-0.4, -0.2) is 37.2 Å². The van der Waals surface area contributed by atoms with Gasteiger partial charge in [0.2, 0.25) is 0 Å². The first-order valence-electron chi connectivity index (χ1n) is 9.15. The van der Waals surface area contributed by atoms with Gasteiger partial charge in [0.05, 0.1) is 18.1 Å². The van der Waals surface area contributed by atoms with Gasteiger partial charge in [-0.1, -0.05) is 19.4 Å². The van der Waals surface area contributed by atoms with E-state index in [1.54, 1.807) is 14.2 Å². The summed E-state index contributed by atoms with van der Waals surface area (Å²) in [6.45, 7) is 4.07. The Morgan fingerprint density at radius 2 is 2.12 bits per heavy atom. The summed E-state index contributed by atoms with van der Waals surface area (Å²) >= 11 is 0. The molecule has 4 rings (SSSR count). The lowest BCUT2D eigenvalue weighted by molar-refractivity contribution is -0.187. The van der Waals surface area contributed by atoms with Crippen LogP contribution >= 0.6 is 0 Å². The predicted octanol–water partition coefficient (Wildman–Crippen LogP) is 2.52. The van der Waals surface area contributed by atoms with Crippen molar-refractivity contribution in [1.82, 2.24) is 0 Å². The molecule has 4 atom stereocenters. The first-order valence-corrected chi connectivity index (χ1v) is 9.15. The molecule has 0 radical (unpaired) electrons. The van der Waals surface area contributed by atoms with Crippen molar-refractivity contribution in [3.8, 4) is 11.5 Å². The smallest absolute Gasteiger partial charge is 0.177 e. The monoisotopic (exact) mass is 345 g/mol. The third kappa shape index (κ3) is 1.64. The number of hydrogen-bond donors (Lipinski definition) is 1. The second-order valence-corrected chi connectivity index (χ2v) is 7.75. The lowest BCUT2D eigenvalue weighted by Gasteiger charge is -2.61. The molecule has 1 heterocycles. The molecule has 25 heavy (non-hydrogen) atoms. The molecule has 2 unspecified atom stereocenters. The normalized spacial score (nSPS) is 38.3. The molecule has 0 saturated heterocycles. The maximum atomic E-state index is 13.1. The van der Waals surface area contributed by atoms with Crippen LogP contribution in [-0.2, 0) is 21.4 Å². The Morgan fingerprint density at radius 1 is 1.36 bits per heavy atom. The molecule has 1 aromatic rings. The van der Waals surface area contributed by atoms with Gasteiger partial charge in [0.1, 0.15) is 0 Å². The number of Topliss-reactive ketones (excluding diaryl/α,β-unsaturated/α-hetero) is 1. The van der Waals surface area contributed by atoms with Crippen molar-refractivity contribution in [3.63, 3.8) is 0 Å². The lowest BCUT2D eigenvalue weighted by Crippen LogP contribution is -2.76. The van der Waals surface area contributed by atoms with E-state index in [-0.39, 0.29) is 11.8 Å². The molecule has 136 valence electrons. The largest absolute Gasteiger partial charge is 0.493 e. The Balaban J connectivity index is 2.13. The highest BCUT2D eigenvalue weighted by molar-refractivity contribution is 5.93. The van der Waals surface area contributed by atoms with Crippen LogP contribution in [0.25, 0.3) is 0 Å². The maximum Gasteiger partial charge on any atom is 0.177 e. The zero-order valence-electron chi connectivity index (χ0n) is 15.5. The fourth-order valence-corrected chi connectivity index (χ4v) is 5.98. The van der Waals surface area contributed by atoms with Crippen LogP contribution in [0, 0.1) is 0 Å². The van der Waals surface area contributed by atoms with Crippen LogP contribution in [0.5, 0.6) is 11.5 Å². The van der Waals surface area contributed by atoms with Gasteiger partial charge in [0.25, 0.3) is 0 Å². The molecule has 1 saturated carbocycles. The summed E-state index contributed by atoms with van der Waals surface area (Å²) in [5.74, 6) is 1.52. The number of methoxy groups -OCH3 is 2. The van der Waals surface area contributed by atoms with Crippen LogP contribution in [0.15, 0.2) is 12.1 Å². The topological polar surface area (TPSA) is 70.8 Å². The van der Waals surface area contributed by atoms with Crippen molar-refractivity contribution in [2.24, 2.45) is 5.73 Å². The van der Waals surface area contributed by atoms with Crippen molar-refractivity contribution >= 4 is 5.78 Å². The average molecular weight is 345 g/mol. The Morgan fingerprint density at radius 3 is 2.76 bits per heavy atom. The van der Waals surface area contributed by atoms with Gasteiger partial charge >= 0.3 is 0 Å². The van der Waals surface area contributed by atoms with Gasteiger partial charge in [0, 0.05) is 25.1 Å². The Labute approximate surface area is 148 Å². The highest BCUT2D eigenvalue weighted by Gasteiger charge is 2.76. The van der Waals surface area contributed by atoms with E-state index in [0.717, 1.165) is 30.4 Å². The minimum Gasteiger partial charge on any atom is -0.493 e. The van der Waals surface area contributed by atoms with Gasteiger partial charge in [-0.25, -0.2) is 0 Å². The van der Waals surface area contributed by atoms with E-state index in [1.165, 1.54) is 0 Å². The molecule has 3 aliphatic rings. The number of benzene rings is 1. The average Bonchev–Trinajstić information content (AvgIpc) is 2.88. The maximum absolute atomic E-state index is 13.1. The molecule has 5 heteroatoms. The van der Waals surface area contributed by atoms with Crippen LogP contribution in [0.4, 0.5) is 0 Å². The van der Waals surface area contributed by atoms with E-state index >= 15 is 0 Å². The summed E-state index contributed by atoms with van der Waals surface area (Å²) in [6, 6.07) is 3.82. The summed E-state index contributed by atoms with van der Waals surface area (Å²) in [6.07, 6.45) is 3.50. The fraction of sp³-hybridized carbons (Fsp3) is 0.650. The van der Waals surface area contributed by atoms with Crippen molar-refractivity contribution in [2.45, 2.75) is 68.6 Å². The van der Waals surface area contributed by atoms with Gasteiger partial charge in [-0.3, -0.25) is 4.79 Å². The van der Waals surface area contributed by atoms with E-state index in [2.05, 4.69) is 13.0 Å². The first-order chi connectivity index (χ1) is 11.9. The molecule has 2 N–H and O–H groups in total. The Kier molecular flexibility index (Phi) is 3.51. The minimum absolute atomic E-state index is 0.131. The number of ether oxygens (including phenoxy) is 3. The van der Waals surface area contributed by atoms with Crippen molar-refractivity contribution in [2.75, 3.05) is 14.2 Å². The van der Waals surface area contributed by atoms with Gasteiger partial charge in [-0.2, -0.15) is 0 Å². The minimum atomic E-state index is -0.971. The Bertz CT molecular complexity index is 747. The number of ketones is 1. The second kappa shape index (κ2) is 5.21. The lowest BCUT2D eigenvalue weighted by atomic mass is 9.46. The van der Waals surface area contributed by atoms with Crippen molar-refractivity contribution in [3.05, 3.63) is 23.3 Å². The van der Waals surface area contributed by atoms with Crippen LogP contribution in [0.3, 0.4) is 0 Å². The van der Waals surface area contributed by atoms with E-state index in [9.17, 15) is 4.79 Å². The van der Waals surface area contributed by atoms with Crippen LogP contribution in [0.2, 0.25) is 0 Å².